The largest absolute Gasteiger partial charge is 0.496 e. The van der Waals surface area contributed by atoms with Gasteiger partial charge in [0.15, 0.2) is 9.84 Å². The highest BCUT2D eigenvalue weighted by atomic mass is 32.2. The predicted molar refractivity (Wildman–Crippen MR) is 111 cm³/mol. The monoisotopic (exact) mass is 399 g/mol. The van der Waals surface area contributed by atoms with Gasteiger partial charge < -0.3 is 9.64 Å². The summed E-state index contributed by atoms with van der Waals surface area (Å²) in [6.45, 7) is 2.36. The third-order valence-electron chi connectivity index (χ3n) is 4.92. The Morgan fingerprint density at radius 2 is 1.96 bits per heavy atom. The predicted octanol–water partition coefficient (Wildman–Crippen LogP) is 3.23. The summed E-state index contributed by atoms with van der Waals surface area (Å²) in [6, 6.07) is 15.1. The van der Waals surface area contributed by atoms with E-state index in [4.69, 9.17) is 4.74 Å². The van der Waals surface area contributed by atoms with Crippen LogP contribution in [-0.2, 0) is 21.2 Å². The van der Waals surface area contributed by atoms with Gasteiger partial charge in [-0.25, -0.2) is 8.42 Å². The van der Waals surface area contributed by atoms with E-state index in [-0.39, 0.29) is 23.5 Å². The molecule has 1 saturated heterocycles. The molecule has 2 aromatic carbocycles. The molecule has 1 aliphatic rings. The van der Waals surface area contributed by atoms with Crippen molar-refractivity contribution in [3.63, 3.8) is 0 Å². The van der Waals surface area contributed by atoms with Gasteiger partial charge >= 0.3 is 0 Å². The van der Waals surface area contributed by atoms with Crippen molar-refractivity contribution in [1.82, 2.24) is 4.90 Å². The molecule has 0 aliphatic carbocycles. The van der Waals surface area contributed by atoms with Gasteiger partial charge in [0.2, 0.25) is 5.91 Å². The molecule has 1 heterocycles. The highest BCUT2D eigenvalue weighted by molar-refractivity contribution is 7.91. The average molecular weight is 400 g/mol. The average Bonchev–Trinajstić information content (AvgIpc) is 3.04. The zero-order valence-corrected chi connectivity index (χ0v) is 17.0. The van der Waals surface area contributed by atoms with Crippen molar-refractivity contribution in [3.8, 4) is 5.75 Å². The maximum absolute atomic E-state index is 13.0. The van der Waals surface area contributed by atoms with Gasteiger partial charge in [-0.05, 0) is 37.1 Å². The number of rotatable bonds is 6. The fourth-order valence-corrected chi connectivity index (χ4v) is 5.16. The molecule has 1 atom stereocenters. The Bertz CT molecular complexity index is 967. The number of methoxy groups -OCH3 is 1. The molecule has 0 aromatic heterocycles. The van der Waals surface area contributed by atoms with E-state index >= 15 is 0 Å². The van der Waals surface area contributed by atoms with E-state index in [1.165, 1.54) is 6.08 Å². The van der Waals surface area contributed by atoms with Crippen LogP contribution >= 0.6 is 0 Å². The van der Waals surface area contributed by atoms with E-state index in [9.17, 15) is 13.2 Å². The third-order valence-corrected chi connectivity index (χ3v) is 6.67. The van der Waals surface area contributed by atoms with E-state index in [0.29, 0.717) is 18.7 Å². The van der Waals surface area contributed by atoms with Crippen molar-refractivity contribution in [2.45, 2.75) is 25.9 Å². The minimum absolute atomic E-state index is 0.0210. The first-order valence-electron chi connectivity index (χ1n) is 9.25. The molecule has 2 aromatic rings. The van der Waals surface area contributed by atoms with E-state index in [0.717, 1.165) is 16.7 Å². The molecule has 28 heavy (non-hydrogen) atoms. The van der Waals surface area contributed by atoms with E-state index in [1.807, 2.05) is 55.5 Å². The lowest BCUT2D eigenvalue weighted by atomic mass is 10.1. The minimum Gasteiger partial charge on any atom is -0.496 e. The SMILES string of the molecule is COc1ccc(C)cc1C=CC(=O)N(Cc1ccccc1)C1CCS(=O)(=O)C1. The number of carbonyl (C=O) groups is 1. The summed E-state index contributed by atoms with van der Waals surface area (Å²) in [7, 11) is -1.50. The summed E-state index contributed by atoms with van der Waals surface area (Å²) in [6.07, 6.45) is 3.71. The van der Waals surface area contributed by atoms with Crippen LogP contribution in [-0.4, -0.2) is 43.9 Å². The quantitative estimate of drug-likeness (QED) is 0.700. The van der Waals surface area contributed by atoms with Crippen LogP contribution in [0.2, 0.25) is 0 Å². The molecule has 0 N–H and O–H groups in total. The number of ether oxygens (including phenoxy) is 1. The van der Waals surface area contributed by atoms with Gasteiger partial charge in [-0.1, -0.05) is 42.0 Å². The summed E-state index contributed by atoms with van der Waals surface area (Å²) in [5.74, 6) is 0.640. The molecule has 6 heteroatoms. The third kappa shape index (κ3) is 5.01. The summed E-state index contributed by atoms with van der Waals surface area (Å²) in [4.78, 5) is 14.7. The van der Waals surface area contributed by atoms with Crippen LogP contribution in [0.1, 0.15) is 23.1 Å². The molecule has 148 valence electrons. The summed E-state index contributed by atoms with van der Waals surface area (Å²) >= 11 is 0. The number of benzene rings is 2. The van der Waals surface area contributed by atoms with Gasteiger partial charge in [-0.2, -0.15) is 0 Å². The van der Waals surface area contributed by atoms with E-state index < -0.39 is 9.84 Å². The van der Waals surface area contributed by atoms with E-state index in [1.54, 1.807) is 18.1 Å². The number of hydrogen-bond donors (Lipinski definition) is 0. The first-order valence-corrected chi connectivity index (χ1v) is 11.1. The smallest absolute Gasteiger partial charge is 0.247 e. The Hall–Kier alpha value is -2.60. The molecule has 5 nitrogen and oxygen atoms in total. The lowest BCUT2D eigenvalue weighted by Crippen LogP contribution is -2.39. The molecule has 0 saturated carbocycles. The molecule has 0 bridgehead atoms. The normalized spacial score (nSPS) is 18.3. The Morgan fingerprint density at radius 3 is 2.61 bits per heavy atom. The Balaban J connectivity index is 1.85. The van der Waals surface area contributed by atoms with Crippen molar-refractivity contribution < 1.29 is 17.9 Å². The van der Waals surface area contributed by atoms with Crippen molar-refractivity contribution in [2.24, 2.45) is 0 Å². The number of amides is 1. The van der Waals surface area contributed by atoms with Gasteiger partial charge in [0.25, 0.3) is 0 Å². The summed E-state index contributed by atoms with van der Waals surface area (Å²) < 4.78 is 29.3. The van der Waals surface area contributed by atoms with Gasteiger partial charge in [-0.3, -0.25) is 4.79 Å². The van der Waals surface area contributed by atoms with Crippen LogP contribution in [0, 0.1) is 6.92 Å². The molecule has 3 rings (SSSR count). The van der Waals surface area contributed by atoms with E-state index in [2.05, 4.69) is 0 Å². The Morgan fingerprint density at radius 1 is 1.21 bits per heavy atom. The maximum Gasteiger partial charge on any atom is 0.247 e. The Labute approximate surface area is 166 Å². The fraction of sp³-hybridized carbons (Fsp3) is 0.318. The van der Waals surface area contributed by atoms with Crippen LogP contribution in [0.5, 0.6) is 5.75 Å². The lowest BCUT2D eigenvalue weighted by molar-refractivity contribution is -0.128. The molecule has 1 unspecified atom stereocenters. The number of hydrogen-bond acceptors (Lipinski definition) is 4. The lowest BCUT2D eigenvalue weighted by Gasteiger charge is -2.27. The molecule has 0 radical (unpaired) electrons. The number of nitrogens with zero attached hydrogens (tertiary/aromatic N) is 1. The van der Waals surface area contributed by atoms with Crippen LogP contribution in [0.4, 0.5) is 0 Å². The molecule has 1 aliphatic heterocycles. The zero-order chi connectivity index (χ0) is 20.1. The molecular weight excluding hydrogens is 374 g/mol. The van der Waals surface area contributed by atoms with Crippen molar-refractivity contribution in [3.05, 3.63) is 71.3 Å². The maximum atomic E-state index is 13.0. The van der Waals surface area contributed by atoms with Gasteiger partial charge in [0.05, 0.1) is 18.6 Å². The van der Waals surface area contributed by atoms with Crippen molar-refractivity contribution in [2.75, 3.05) is 18.6 Å². The molecule has 1 amide bonds. The van der Waals surface area contributed by atoms with Gasteiger partial charge in [0.1, 0.15) is 5.75 Å². The van der Waals surface area contributed by atoms with Crippen LogP contribution in [0.25, 0.3) is 6.08 Å². The minimum atomic E-state index is -3.09. The molecule has 1 fully saturated rings. The first kappa shape index (κ1) is 20.1. The molecular formula is C22H25NO4S. The number of carbonyl (C=O) groups excluding carboxylic acids is 1. The molecule has 0 spiro atoms. The second kappa shape index (κ2) is 8.61. The summed E-state index contributed by atoms with van der Waals surface area (Å²) in [5.41, 5.74) is 2.85. The fourth-order valence-electron chi connectivity index (χ4n) is 3.43. The Kier molecular flexibility index (Phi) is 6.19. The van der Waals surface area contributed by atoms with Crippen LogP contribution < -0.4 is 4.74 Å². The highest BCUT2D eigenvalue weighted by Crippen LogP contribution is 2.23. The standard InChI is InChI=1S/C22H25NO4S/c1-17-8-10-21(27-2)19(14-17)9-11-22(24)23(15-18-6-4-3-5-7-18)20-12-13-28(25,26)16-20/h3-11,14,20H,12-13,15-16H2,1-2H3. The first-order chi connectivity index (χ1) is 13.4. The number of aryl methyl sites for hydroxylation is 1. The van der Waals surface area contributed by atoms with Crippen LogP contribution in [0.15, 0.2) is 54.6 Å². The second-order valence-corrected chi connectivity index (χ2v) is 9.32. The highest BCUT2D eigenvalue weighted by Gasteiger charge is 2.34. The van der Waals surface area contributed by atoms with Gasteiger partial charge in [0, 0.05) is 24.2 Å². The van der Waals surface area contributed by atoms with Crippen molar-refractivity contribution >= 4 is 21.8 Å². The second-order valence-electron chi connectivity index (χ2n) is 7.09. The van der Waals surface area contributed by atoms with Crippen molar-refractivity contribution in [1.29, 1.82) is 0 Å². The number of sulfone groups is 1. The van der Waals surface area contributed by atoms with Gasteiger partial charge in [-0.15, -0.1) is 0 Å². The topological polar surface area (TPSA) is 63.7 Å². The zero-order valence-electron chi connectivity index (χ0n) is 16.2. The van der Waals surface area contributed by atoms with Crippen LogP contribution in [0.3, 0.4) is 0 Å². The summed E-state index contributed by atoms with van der Waals surface area (Å²) in [5, 5.41) is 0.